The van der Waals surface area contributed by atoms with Gasteiger partial charge in [0.2, 0.25) is 0 Å². The number of nitrogens with zero attached hydrogens (tertiary/aromatic N) is 4. The number of para-hydroxylation sites is 2. The molecule has 0 amide bonds. The number of anilines is 2. The van der Waals surface area contributed by atoms with Crippen LogP contribution >= 0.6 is 0 Å². The molecule has 1 saturated heterocycles. The molecule has 75 heavy (non-hydrogen) atoms. The minimum Gasteiger partial charge on any atom is -0.456 e. The molecule has 10 unspecified atom stereocenters. The molecule has 0 bridgehead atoms. The molecule has 6 heteroatoms. The molecule has 0 saturated carbocycles. The number of nitrogens with one attached hydrogen (secondary N) is 1. The summed E-state index contributed by atoms with van der Waals surface area (Å²) < 4.78 is 6.37. The van der Waals surface area contributed by atoms with E-state index in [2.05, 4.69) is 212 Å². The third-order valence-electron chi connectivity index (χ3n) is 20.4. The second kappa shape index (κ2) is 16.1. The molecule has 372 valence electrons. The summed E-state index contributed by atoms with van der Waals surface area (Å²) in [5.74, 6) is 1.36. The van der Waals surface area contributed by atoms with Crippen LogP contribution in [0.4, 0.5) is 11.4 Å². The highest BCUT2D eigenvalue weighted by Crippen LogP contribution is 2.64. The Morgan fingerprint density at radius 3 is 2.49 bits per heavy atom. The van der Waals surface area contributed by atoms with E-state index >= 15 is 0 Å². The van der Waals surface area contributed by atoms with E-state index in [0.29, 0.717) is 17.8 Å². The lowest BCUT2D eigenvalue weighted by Crippen LogP contribution is -2.69. The SMILES string of the molecule is CC1(C)C2=C(CCC=C2)c2c1ccc1c2C2CCC=CC2N1C1CC(N2c3ccccc3C3C4=C(C=CC32)C(C)(C)C2C=CC=CC42)=C(C#N)C=C1C1NC(c2ccc3oc4ccccc4c3c2)N1C1C=CCCC1. The molecule has 16 rings (SSSR count). The Morgan fingerprint density at radius 2 is 1.60 bits per heavy atom. The largest absolute Gasteiger partial charge is 0.456 e. The molecule has 1 fully saturated rings. The first kappa shape index (κ1) is 44.4. The van der Waals surface area contributed by atoms with E-state index in [1.54, 1.807) is 22.3 Å². The maximum absolute atomic E-state index is 11.8. The Kier molecular flexibility index (Phi) is 9.50. The Bertz CT molecular complexity index is 3720. The first-order valence-corrected chi connectivity index (χ1v) is 28.4. The van der Waals surface area contributed by atoms with Crippen molar-refractivity contribution in [2.24, 2.45) is 17.3 Å². The fourth-order valence-electron chi connectivity index (χ4n) is 17.1. The monoisotopic (exact) mass is 980 g/mol. The van der Waals surface area contributed by atoms with E-state index in [1.165, 1.54) is 44.8 Å². The summed E-state index contributed by atoms with van der Waals surface area (Å²) in [6.07, 6.45) is 40.1. The molecule has 4 heterocycles. The van der Waals surface area contributed by atoms with Crippen molar-refractivity contribution in [2.45, 2.75) is 133 Å². The molecule has 6 nitrogen and oxygen atoms in total. The van der Waals surface area contributed by atoms with Gasteiger partial charge < -0.3 is 14.2 Å². The van der Waals surface area contributed by atoms with E-state index in [9.17, 15) is 5.26 Å². The van der Waals surface area contributed by atoms with Gasteiger partial charge in [0, 0.05) is 63.5 Å². The number of benzene rings is 4. The maximum Gasteiger partial charge on any atom is 0.135 e. The number of nitriles is 1. The quantitative estimate of drug-likeness (QED) is 0.177. The number of hydrogen-bond donors (Lipinski definition) is 1. The average molecular weight is 980 g/mol. The smallest absolute Gasteiger partial charge is 0.135 e. The Morgan fingerprint density at radius 1 is 0.747 bits per heavy atom. The lowest BCUT2D eigenvalue weighted by molar-refractivity contribution is -0.0384. The van der Waals surface area contributed by atoms with Crippen LogP contribution in [0, 0.1) is 28.6 Å². The highest BCUT2D eigenvalue weighted by Gasteiger charge is 2.57. The van der Waals surface area contributed by atoms with Crippen LogP contribution in [0.3, 0.4) is 0 Å². The lowest BCUT2D eigenvalue weighted by Gasteiger charge is -2.57. The van der Waals surface area contributed by atoms with Gasteiger partial charge in [0.15, 0.2) is 0 Å². The minimum absolute atomic E-state index is 0.00841. The van der Waals surface area contributed by atoms with Crippen molar-refractivity contribution in [1.82, 2.24) is 10.2 Å². The third kappa shape index (κ3) is 6.03. The molecule has 8 aliphatic carbocycles. The molecule has 5 aromatic rings. The van der Waals surface area contributed by atoms with Gasteiger partial charge in [-0.3, -0.25) is 10.2 Å². The van der Waals surface area contributed by atoms with E-state index in [1.807, 2.05) is 0 Å². The number of fused-ring (bicyclic) bond motifs is 15. The number of hydrogen-bond acceptors (Lipinski definition) is 6. The van der Waals surface area contributed by atoms with Gasteiger partial charge in [-0.05, 0) is 148 Å². The van der Waals surface area contributed by atoms with Crippen molar-refractivity contribution < 1.29 is 4.42 Å². The zero-order valence-electron chi connectivity index (χ0n) is 43.6. The van der Waals surface area contributed by atoms with Crippen molar-refractivity contribution in [1.29, 1.82) is 5.26 Å². The average Bonchev–Trinajstić information content (AvgIpc) is 4.26. The van der Waals surface area contributed by atoms with Gasteiger partial charge in [0.05, 0.1) is 36.0 Å². The van der Waals surface area contributed by atoms with Gasteiger partial charge in [0.25, 0.3) is 0 Å². The summed E-state index contributed by atoms with van der Waals surface area (Å²) in [5, 5.41) is 18.4. The highest BCUT2D eigenvalue weighted by molar-refractivity contribution is 6.05. The van der Waals surface area contributed by atoms with Gasteiger partial charge in [0.1, 0.15) is 17.2 Å². The van der Waals surface area contributed by atoms with Crippen molar-refractivity contribution in [3.05, 3.63) is 219 Å². The molecule has 0 radical (unpaired) electrons. The molecular weight excluding hydrogens is 915 g/mol. The number of allylic oxidation sites excluding steroid dienone is 14. The van der Waals surface area contributed by atoms with Crippen molar-refractivity contribution in [3.63, 3.8) is 0 Å². The zero-order chi connectivity index (χ0) is 50.1. The minimum atomic E-state index is -0.0830. The maximum atomic E-state index is 11.8. The number of rotatable bonds is 5. The zero-order valence-corrected chi connectivity index (χ0v) is 43.6. The predicted molar refractivity (Wildman–Crippen MR) is 304 cm³/mol. The molecular formula is C69H65N5O. The van der Waals surface area contributed by atoms with Crippen LogP contribution < -0.4 is 15.1 Å². The first-order valence-electron chi connectivity index (χ1n) is 28.4. The molecule has 10 atom stereocenters. The predicted octanol–water partition coefficient (Wildman–Crippen LogP) is 15.4. The van der Waals surface area contributed by atoms with Crippen LogP contribution in [0.1, 0.15) is 125 Å². The van der Waals surface area contributed by atoms with E-state index in [0.717, 1.165) is 84.6 Å². The van der Waals surface area contributed by atoms with Crippen LogP contribution in [0.2, 0.25) is 0 Å². The second-order valence-electron chi connectivity index (χ2n) is 24.6. The molecule has 1 aromatic heterocycles. The fourth-order valence-corrected chi connectivity index (χ4v) is 17.1. The van der Waals surface area contributed by atoms with Gasteiger partial charge in [-0.15, -0.1) is 0 Å². The Balaban J connectivity index is 0.879. The molecule has 11 aliphatic rings. The summed E-state index contributed by atoms with van der Waals surface area (Å²) in [6, 6.07) is 32.9. The Hall–Kier alpha value is -6.91. The molecule has 4 aromatic carbocycles. The van der Waals surface area contributed by atoms with Crippen molar-refractivity contribution in [2.75, 3.05) is 9.80 Å². The second-order valence-corrected chi connectivity index (χ2v) is 24.6. The van der Waals surface area contributed by atoms with Crippen LogP contribution in [0.25, 0.3) is 27.5 Å². The fraction of sp³-hybridized carbons (Fsp3) is 0.348. The summed E-state index contributed by atoms with van der Waals surface area (Å²) >= 11 is 0. The van der Waals surface area contributed by atoms with Crippen LogP contribution in [-0.2, 0) is 5.41 Å². The third-order valence-corrected chi connectivity index (χ3v) is 20.4. The molecule has 1 N–H and O–H groups in total. The van der Waals surface area contributed by atoms with E-state index in [4.69, 9.17) is 4.42 Å². The van der Waals surface area contributed by atoms with Gasteiger partial charge in [-0.25, -0.2) is 0 Å². The van der Waals surface area contributed by atoms with Crippen molar-refractivity contribution in [3.8, 4) is 6.07 Å². The summed E-state index contributed by atoms with van der Waals surface area (Å²) in [7, 11) is 0. The van der Waals surface area contributed by atoms with Crippen LogP contribution in [0.5, 0.6) is 0 Å². The molecule has 3 aliphatic heterocycles. The van der Waals surface area contributed by atoms with Gasteiger partial charge >= 0.3 is 0 Å². The van der Waals surface area contributed by atoms with E-state index in [-0.39, 0.29) is 53.2 Å². The highest BCUT2D eigenvalue weighted by atomic mass is 16.3. The van der Waals surface area contributed by atoms with Gasteiger partial charge in [-0.1, -0.05) is 149 Å². The van der Waals surface area contributed by atoms with Crippen molar-refractivity contribution >= 4 is 38.9 Å². The van der Waals surface area contributed by atoms with Crippen LogP contribution in [0.15, 0.2) is 196 Å². The summed E-state index contributed by atoms with van der Waals surface area (Å²) in [6.45, 7) is 9.82. The van der Waals surface area contributed by atoms with Gasteiger partial charge in [-0.2, -0.15) is 5.26 Å². The van der Waals surface area contributed by atoms with E-state index < -0.39 is 0 Å². The number of furan rings is 1. The summed E-state index contributed by atoms with van der Waals surface area (Å²) in [4.78, 5) is 8.30. The topological polar surface area (TPSA) is 58.7 Å². The normalized spacial score (nSPS) is 32.0. The summed E-state index contributed by atoms with van der Waals surface area (Å²) in [5.41, 5.74) is 21.2. The first-order chi connectivity index (χ1) is 36.7. The molecule has 0 spiro atoms. The Labute approximate surface area is 441 Å². The standard InChI is InChI=1S/C69H65N5O/c1-68(2)50-25-13-8-21-44(50)62-52(68)31-33-56-64(62)46-23-10-15-27-54(46)73(56)58-38-59(74-55-28-16-11-24-47(55)65-57(74)34-32-53-63(65)45-22-9-14-26-51(45)69(53,3)4)49(37-41(58)39-70)67-71-66(72(67)42-18-6-5-7-19-42)40-30-35-61-48(36-40)43-20-12-17-29-60(43)75-61/h6,8,10,12-18,20-21,23,25-37,42,44,47,50,55-56,59,64,66-67,71H,5,7,9,11,19,22,24,38H2,1-4H3. The lowest BCUT2D eigenvalue weighted by atomic mass is 9.73. The van der Waals surface area contributed by atoms with Crippen LogP contribution in [-0.4, -0.2) is 35.2 Å².